The van der Waals surface area contributed by atoms with E-state index < -0.39 is 11.7 Å². The van der Waals surface area contributed by atoms with Crippen LogP contribution in [-0.2, 0) is 0 Å². The van der Waals surface area contributed by atoms with Gasteiger partial charge in [0.25, 0.3) is 0 Å². The van der Waals surface area contributed by atoms with E-state index in [1.165, 1.54) is 32.1 Å². The quantitative estimate of drug-likeness (QED) is 0.540. The van der Waals surface area contributed by atoms with Crippen LogP contribution in [0.1, 0.15) is 77.6 Å². The number of hydrogen-bond donors (Lipinski definition) is 2. The van der Waals surface area contributed by atoms with Crippen LogP contribution in [0.2, 0.25) is 0 Å². The Balaban J connectivity index is 2.28. The summed E-state index contributed by atoms with van der Waals surface area (Å²) in [6, 6.07) is 0. The molecule has 1 saturated carbocycles. The molecule has 0 aliphatic heterocycles. The second-order valence-electron chi connectivity index (χ2n) is 5.38. The molecule has 2 N–H and O–H groups in total. The summed E-state index contributed by atoms with van der Waals surface area (Å²) in [6.45, 7) is 2.19. The van der Waals surface area contributed by atoms with E-state index in [-0.39, 0.29) is 0 Å². The molecule has 1 unspecified atom stereocenters. The summed E-state index contributed by atoms with van der Waals surface area (Å²) in [7, 11) is 0. The second kappa shape index (κ2) is 7.29. The van der Waals surface area contributed by atoms with Crippen LogP contribution in [0.25, 0.3) is 0 Å². The first-order chi connectivity index (χ1) is 7.69. The van der Waals surface area contributed by atoms with E-state index in [0.29, 0.717) is 0 Å². The fourth-order valence-corrected chi connectivity index (χ4v) is 2.71. The van der Waals surface area contributed by atoms with Gasteiger partial charge in [0, 0.05) is 0 Å². The lowest BCUT2D eigenvalue weighted by molar-refractivity contribution is -0.0880. The molecule has 1 fully saturated rings. The monoisotopic (exact) mass is 228 g/mol. The normalized spacial score (nSPS) is 22.7. The maximum Gasteiger partial charge on any atom is 0.0905 e. The molecule has 1 rings (SSSR count). The lowest BCUT2D eigenvalue weighted by Gasteiger charge is -2.32. The third-order valence-electron chi connectivity index (χ3n) is 3.92. The summed E-state index contributed by atoms with van der Waals surface area (Å²) in [5.74, 6) is 0. The smallest absolute Gasteiger partial charge is 0.0905 e. The van der Waals surface area contributed by atoms with Crippen molar-refractivity contribution in [2.24, 2.45) is 0 Å². The largest absolute Gasteiger partial charge is 0.390 e. The highest BCUT2D eigenvalue weighted by atomic mass is 16.3. The van der Waals surface area contributed by atoms with Crippen LogP contribution in [0.15, 0.2) is 0 Å². The van der Waals surface area contributed by atoms with Gasteiger partial charge in [0.15, 0.2) is 0 Å². The van der Waals surface area contributed by atoms with Crippen molar-refractivity contribution in [3.63, 3.8) is 0 Å². The second-order valence-corrected chi connectivity index (χ2v) is 5.38. The molecule has 1 atom stereocenters. The molecule has 0 radical (unpaired) electrons. The Kier molecular flexibility index (Phi) is 6.37. The third kappa shape index (κ3) is 4.42. The predicted octanol–water partition coefficient (Wildman–Crippen LogP) is 3.40. The van der Waals surface area contributed by atoms with Gasteiger partial charge in [-0.05, 0) is 19.3 Å². The average Bonchev–Trinajstić information content (AvgIpc) is 2.50. The first-order valence-corrected chi connectivity index (χ1v) is 7.09. The SMILES string of the molecule is CCCCCCC(O)C1(O)CCCCCC1. The minimum absolute atomic E-state index is 0.498. The van der Waals surface area contributed by atoms with Crippen LogP contribution >= 0.6 is 0 Å². The van der Waals surface area contributed by atoms with Crippen molar-refractivity contribution in [1.82, 2.24) is 0 Å². The maximum absolute atomic E-state index is 10.4. The molecular formula is C14H28O2. The van der Waals surface area contributed by atoms with Crippen LogP contribution in [0, 0.1) is 0 Å². The summed E-state index contributed by atoms with van der Waals surface area (Å²) in [5, 5.41) is 20.5. The van der Waals surface area contributed by atoms with Crippen LogP contribution in [0.3, 0.4) is 0 Å². The van der Waals surface area contributed by atoms with Crippen LogP contribution in [0.5, 0.6) is 0 Å². The van der Waals surface area contributed by atoms with Crippen LogP contribution in [-0.4, -0.2) is 21.9 Å². The van der Waals surface area contributed by atoms with E-state index in [0.717, 1.165) is 38.5 Å². The van der Waals surface area contributed by atoms with Gasteiger partial charge in [-0.3, -0.25) is 0 Å². The Hall–Kier alpha value is -0.0800. The Morgan fingerprint density at radius 3 is 2.19 bits per heavy atom. The van der Waals surface area contributed by atoms with Crippen molar-refractivity contribution in [2.75, 3.05) is 0 Å². The van der Waals surface area contributed by atoms with Crippen molar-refractivity contribution >= 4 is 0 Å². The summed E-state index contributed by atoms with van der Waals surface area (Å²) < 4.78 is 0. The van der Waals surface area contributed by atoms with E-state index in [9.17, 15) is 10.2 Å². The van der Waals surface area contributed by atoms with E-state index in [4.69, 9.17) is 0 Å². The van der Waals surface area contributed by atoms with Gasteiger partial charge >= 0.3 is 0 Å². The Labute approximate surface area is 100 Å². The molecule has 2 heteroatoms. The molecule has 16 heavy (non-hydrogen) atoms. The Morgan fingerprint density at radius 1 is 1.00 bits per heavy atom. The summed E-state index contributed by atoms with van der Waals surface area (Å²) in [5.41, 5.74) is -0.775. The molecular weight excluding hydrogens is 200 g/mol. The van der Waals surface area contributed by atoms with E-state index in [1.54, 1.807) is 0 Å². The standard InChI is InChI=1S/C14H28O2/c1-2-3-4-7-10-13(15)14(16)11-8-5-6-9-12-14/h13,15-16H,2-12H2,1H3. The fraction of sp³-hybridized carbons (Fsp3) is 1.00. The topological polar surface area (TPSA) is 40.5 Å². The van der Waals surface area contributed by atoms with E-state index in [1.807, 2.05) is 0 Å². The van der Waals surface area contributed by atoms with Crippen molar-refractivity contribution in [3.8, 4) is 0 Å². The van der Waals surface area contributed by atoms with Crippen LogP contribution in [0.4, 0.5) is 0 Å². The highest BCUT2D eigenvalue weighted by Gasteiger charge is 2.35. The van der Waals surface area contributed by atoms with Gasteiger partial charge in [-0.15, -0.1) is 0 Å². The van der Waals surface area contributed by atoms with E-state index in [2.05, 4.69) is 6.92 Å². The van der Waals surface area contributed by atoms with Crippen molar-refractivity contribution < 1.29 is 10.2 Å². The Bertz CT molecular complexity index is 172. The lowest BCUT2D eigenvalue weighted by atomic mass is 9.85. The van der Waals surface area contributed by atoms with Gasteiger partial charge in [-0.1, -0.05) is 58.3 Å². The number of rotatable bonds is 6. The fourth-order valence-electron chi connectivity index (χ4n) is 2.71. The molecule has 0 bridgehead atoms. The highest BCUT2D eigenvalue weighted by Crippen LogP contribution is 2.31. The number of aliphatic hydroxyl groups is 2. The molecule has 1 aliphatic rings. The first-order valence-electron chi connectivity index (χ1n) is 7.09. The molecule has 0 aromatic rings. The molecule has 0 amide bonds. The van der Waals surface area contributed by atoms with Gasteiger partial charge in [0.05, 0.1) is 11.7 Å². The van der Waals surface area contributed by atoms with E-state index >= 15 is 0 Å². The molecule has 1 aliphatic carbocycles. The molecule has 96 valence electrons. The highest BCUT2D eigenvalue weighted by molar-refractivity contribution is 4.87. The zero-order valence-corrected chi connectivity index (χ0v) is 10.7. The summed E-state index contributed by atoms with van der Waals surface area (Å²) in [6.07, 6.45) is 11.1. The number of unbranched alkanes of at least 4 members (excludes halogenated alkanes) is 3. The van der Waals surface area contributed by atoms with Gasteiger partial charge in [0.1, 0.15) is 0 Å². The maximum atomic E-state index is 10.4. The molecule has 0 heterocycles. The zero-order chi connectivity index (χ0) is 11.9. The van der Waals surface area contributed by atoms with Gasteiger partial charge in [0.2, 0.25) is 0 Å². The zero-order valence-electron chi connectivity index (χ0n) is 10.7. The minimum Gasteiger partial charge on any atom is -0.390 e. The lowest BCUT2D eigenvalue weighted by Crippen LogP contribution is -2.41. The summed E-state index contributed by atoms with van der Waals surface area (Å²) >= 11 is 0. The molecule has 0 aromatic carbocycles. The minimum atomic E-state index is -0.775. The molecule has 0 saturated heterocycles. The van der Waals surface area contributed by atoms with Crippen molar-refractivity contribution in [1.29, 1.82) is 0 Å². The summed E-state index contributed by atoms with van der Waals surface area (Å²) in [4.78, 5) is 0. The molecule has 0 aromatic heterocycles. The van der Waals surface area contributed by atoms with Crippen molar-refractivity contribution in [2.45, 2.75) is 89.3 Å². The Morgan fingerprint density at radius 2 is 1.62 bits per heavy atom. The number of aliphatic hydroxyl groups excluding tert-OH is 1. The third-order valence-corrected chi connectivity index (χ3v) is 3.92. The average molecular weight is 228 g/mol. The van der Waals surface area contributed by atoms with Gasteiger partial charge < -0.3 is 10.2 Å². The first kappa shape index (κ1) is 14.0. The van der Waals surface area contributed by atoms with Crippen molar-refractivity contribution in [3.05, 3.63) is 0 Å². The predicted molar refractivity (Wildman–Crippen MR) is 67.4 cm³/mol. The molecule has 0 spiro atoms. The molecule has 2 nitrogen and oxygen atoms in total. The van der Waals surface area contributed by atoms with Crippen LogP contribution < -0.4 is 0 Å². The van der Waals surface area contributed by atoms with Gasteiger partial charge in [-0.25, -0.2) is 0 Å². The number of hydrogen-bond acceptors (Lipinski definition) is 2. The van der Waals surface area contributed by atoms with Gasteiger partial charge in [-0.2, -0.15) is 0 Å².